The van der Waals surface area contributed by atoms with E-state index >= 15 is 0 Å². The van der Waals surface area contributed by atoms with Crippen molar-refractivity contribution in [3.63, 3.8) is 0 Å². The van der Waals surface area contributed by atoms with Gasteiger partial charge in [0.25, 0.3) is 0 Å². The third-order valence-corrected chi connectivity index (χ3v) is 3.50. The van der Waals surface area contributed by atoms with Gasteiger partial charge in [0.2, 0.25) is 0 Å². The number of rotatable bonds is 6. The SMILES string of the molecule is CCNC(COc1ccccc1F)c1cc(C)ccc1C. The number of halogens is 1. The van der Waals surface area contributed by atoms with Crippen LogP contribution in [-0.2, 0) is 0 Å². The Labute approximate surface area is 126 Å². The van der Waals surface area contributed by atoms with E-state index in [9.17, 15) is 4.39 Å². The summed E-state index contributed by atoms with van der Waals surface area (Å²) in [6, 6.07) is 12.9. The van der Waals surface area contributed by atoms with Crippen LogP contribution in [0, 0.1) is 19.7 Å². The molecule has 0 aliphatic carbocycles. The van der Waals surface area contributed by atoms with Crippen molar-refractivity contribution in [1.82, 2.24) is 5.32 Å². The number of aryl methyl sites for hydroxylation is 2. The summed E-state index contributed by atoms with van der Waals surface area (Å²) in [5, 5.41) is 3.41. The molecular weight excluding hydrogens is 265 g/mol. The molecule has 0 spiro atoms. The van der Waals surface area contributed by atoms with Gasteiger partial charge < -0.3 is 10.1 Å². The molecule has 0 saturated heterocycles. The molecule has 2 nitrogen and oxygen atoms in total. The molecule has 0 aromatic heterocycles. The Morgan fingerprint density at radius 2 is 1.90 bits per heavy atom. The van der Waals surface area contributed by atoms with Crippen LogP contribution in [0.1, 0.15) is 29.7 Å². The highest BCUT2D eigenvalue weighted by molar-refractivity contribution is 5.33. The van der Waals surface area contributed by atoms with Gasteiger partial charge in [0.15, 0.2) is 11.6 Å². The predicted molar refractivity (Wildman–Crippen MR) is 84.2 cm³/mol. The van der Waals surface area contributed by atoms with Gasteiger partial charge >= 0.3 is 0 Å². The number of ether oxygens (including phenoxy) is 1. The third-order valence-electron chi connectivity index (χ3n) is 3.50. The molecule has 0 aliphatic heterocycles. The van der Waals surface area contributed by atoms with Crippen LogP contribution in [0.5, 0.6) is 5.75 Å². The monoisotopic (exact) mass is 287 g/mol. The van der Waals surface area contributed by atoms with Crippen molar-refractivity contribution in [2.45, 2.75) is 26.8 Å². The zero-order valence-electron chi connectivity index (χ0n) is 12.8. The van der Waals surface area contributed by atoms with E-state index in [1.165, 1.54) is 22.8 Å². The van der Waals surface area contributed by atoms with E-state index in [0.29, 0.717) is 12.4 Å². The lowest BCUT2D eigenvalue weighted by Crippen LogP contribution is -2.27. The Hall–Kier alpha value is -1.87. The second kappa shape index (κ2) is 7.23. The average molecular weight is 287 g/mol. The van der Waals surface area contributed by atoms with Crippen LogP contribution in [0.15, 0.2) is 42.5 Å². The topological polar surface area (TPSA) is 21.3 Å². The van der Waals surface area contributed by atoms with Gasteiger partial charge in [-0.25, -0.2) is 4.39 Å². The maximum Gasteiger partial charge on any atom is 0.165 e. The molecule has 21 heavy (non-hydrogen) atoms. The van der Waals surface area contributed by atoms with Crippen LogP contribution < -0.4 is 10.1 Å². The van der Waals surface area contributed by atoms with Crippen molar-refractivity contribution in [3.8, 4) is 5.75 Å². The van der Waals surface area contributed by atoms with Crippen LogP contribution in [0.2, 0.25) is 0 Å². The largest absolute Gasteiger partial charge is 0.489 e. The zero-order chi connectivity index (χ0) is 15.2. The molecule has 0 aliphatic rings. The summed E-state index contributed by atoms with van der Waals surface area (Å²) >= 11 is 0. The number of hydrogen-bond donors (Lipinski definition) is 1. The van der Waals surface area contributed by atoms with E-state index in [-0.39, 0.29) is 11.9 Å². The molecule has 1 N–H and O–H groups in total. The molecule has 0 heterocycles. The van der Waals surface area contributed by atoms with Crippen molar-refractivity contribution in [2.75, 3.05) is 13.2 Å². The second-order valence-corrected chi connectivity index (χ2v) is 5.21. The third kappa shape index (κ3) is 4.05. The van der Waals surface area contributed by atoms with Gasteiger partial charge in [-0.1, -0.05) is 42.8 Å². The van der Waals surface area contributed by atoms with E-state index in [1.807, 2.05) is 0 Å². The molecule has 2 aromatic rings. The maximum absolute atomic E-state index is 13.6. The van der Waals surface area contributed by atoms with Gasteiger partial charge in [-0.3, -0.25) is 0 Å². The molecule has 2 rings (SSSR count). The van der Waals surface area contributed by atoms with Gasteiger partial charge in [0.05, 0.1) is 6.04 Å². The molecule has 0 saturated carbocycles. The van der Waals surface area contributed by atoms with Crippen LogP contribution in [0.4, 0.5) is 4.39 Å². The average Bonchev–Trinajstić information content (AvgIpc) is 2.48. The van der Waals surface area contributed by atoms with Gasteiger partial charge in [0.1, 0.15) is 6.61 Å². The first kappa shape index (κ1) is 15.5. The summed E-state index contributed by atoms with van der Waals surface area (Å²) in [4.78, 5) is 0. The molecule has 0 fully saturated rings. The van der Waals surface area contributed by atoms with E-state index in [4.69, 9.17) is 4.74 Å². The Kier molecular flexibility index (Phi) is 5.34. The van der Waals surface area contributed by atoms with Crippen molar-refractivity contribution >= 4 is 0 Å². The minimum absolute atomic E-state index is 0.0505. The standard InChI is InChI=1S/C18H22FNO/c1-4-20-17(15-11-13(2)9-10-14(15)3)12-21-18-8-6-5-7-16(18)19/h5-11,17,20H,4,12H2,1-3H3. The Bertz CT molecular complexity index is 598. The highest BCUT2D eigenvalue weighted by atomic mass is 19.1. The van der Waals surface area contributed by atoms with Crippen molar-refractivity contribution in [3.05, 3.63) is 65.0 Å². The molecular formula is C18H22FNO. The number of hydrogen-bond acceptors (Lipinski definition) is 2. The van der Waals surface area contributed by atoms with Crippen molar-refractivity contribution in [1.29, 1.82) is 0 Å². The molecule has 1 atom stereocenters. The first-order chi connectivity index (χ1) is 10.1. The number of nitrogens with one attached hydrogen (secondary N) is 1. The highest BCUT2D eigenvalue weighted by Gasteiger charge is 2.15. The fraction of sp³-hybridized carbons (Fsp3) is 0.333. The van der Waals surface area contributed by atoms with Crippen LogP contribution in [-0.4, -0.2) is 13.2 Å². The molecule has 0 bridgehead atoms. The lowest BCUT2D eigenvalue weighted by molar-refractivity contribution is 0.257. The van der Waals surface area contributed by atoms with Gasteiger partial charge in [-0.15, -0.1) is 0 Å². The normalized spacial score (nSPS) is 12.2. The van der Waals surface area contributed by atoms with Crippen molar-refractivity contribution in [2.24, 2.45) is 0 Å². The lowest BCUT2D eigenvalue weighted by atomic mass is 9.99. The minimum atomic E-state index is -0.325. The van der Waals surface area contributed by atoms with Crippen LogP contribution in [0.3, 0.4) is 0 Å². The zero-order valence-corrected chi connectivity index (χ0v) is 12.8. The summed E-state index contributed by atoms with van der Waals surface area (Å²) in [5.74, 6) is -0.0283. The van der Waals surface area contributed by atoms with E-state index in [2.05, 4.69) is 44.3 Å². The lowest BCUT2D eigenvalue weighted by Gasteiger charge is -2.21. The minimum Gasteiger partial charge on any atom is -0.489 e. The summed E-state index contributed by atoms with van der Waals surface area (Å²) in [5.41, 5.74) is 3.63. The molecule has 3 heteroatoms. The predicted octanol–water partition coefficient (Wildman–Crippen LogP) is 4.17. The first-order valence-corrected chi connectivity index (χ1v) is 7.29. The van der Waals surface area contributed by atoms with E-state index in [1.54, 1.807) is 18.2 Å². The van der Waals surface area contributed by atoms with E-state index < -0.39 is 0 Å². The maximum atomic E-state index is 13.6. The van der Waals surface area contributed by atoms with Crippen LogP contribution in [0.25, 0.3) is 0 Å². The molecule has 112 valence electrons. The van der Waals surface area contributed by atoms with Gasteiger partial charge in [0, 0.05) is 0 Å². The molecule has 2 aromatic carbocycles. The first-order valence-electron chi connectivity index (χ1n) is 7.29. The Morgan fingerprint density at radius 1 is 1.14 bits per heavy atom. The quantitative estimate of drug-likeness (QED) is 0.861. The molecule has 0 radical (unpaired) electrons. The number of likely N-dealkylation sites (N-methyl/N-ethyl adjacent to an activating group) is 1. The summed E-state index contributed by atoms with van der Waals surface area (Å²) in [7, 11) is 0. The molecule has 1 unspecified atom stereocenters. The van der Waals surface area contributed by atoms with Gasteiger partial charge in [-0.05, 0) is 43.7 Å². The molecule has 0 amide bonds. The Balaban J connectivity index is 2.16. The summed E-state index contributed by atoms with van der Waals surface area (Å²) in [6.45, 7) is 7.45. The fourth-order valence-electron chi connectivity index (χ4n) is 2.38. The van der Waals surface area contributed by atoms with Crippen molar-refractivity contribution < 1.29 is 9.13 Å². The van der Waals surface area contributed by atoms with E-state index in [0.717, 1.165) is 6.54 Å². The Morgan fingerprint density at radius 3 is 2.62 bits per heavy atom. The van der Waals surface area contributed by atoms with Gasteiger partial charge in [-0.2, -0.15) is 0 Å². The number of para-hydroxylation sites is 1. The number of benzene rings is 2. The summed E-state index contributed by atoms with van der Waals surface area (Å²) < 4.78 is 19.3. The van der Waals surface area contributed by atoms with Crippen LogP contribution >= 0.6 is 0 Å². The highest BCUT2D eigenvalue weighted by Crippen LogP contribution is 2.22. The summed E-state index contributed by atoms with van der Waals surface area (Å²) in [6.07, 6.45) is 0. The second-order valence-electron chi connectivity index (χ2n) is 5.21. The fourth-order valence-corrected chi connectivity index (χ4v) is 2.38. The smallest absolute Gasteiger partial charge is 0.165 e.